The third kappa shape index (κ3) is 3.63. The Balaban J connectivity index is 1.84. The maximum Gasteiger partial charge on any atom is 0.419 e. The summed E-state index contributed by atoms with van der Waals surface area (Å²) in [6, 6.07) is 14.6. The number of fused-ring (bicyclic) bond motifs is 3. The van der Waals surface area contributed by atoms with E-state index in [4.69, 9.17) is 0 Å². The molecule has 33 heavy (non-hydrogen) atoms. The lowest BCUT2D eigenvalue weighted by Gasteiger charge is -2.15. The number of aryl methyl sites for hydroxylation is 1. The van der Waals surface area contributed by atoms with Gasteiger partial charge in [-0.2, -0.15) is 13.2 Å². The Hall–Kier alpha value is -4.07. The van der Waals surface area contributed by atoms with E-state index in [0.717, 1.165) is 33.5 Å². The maximum atomic E-state index is 13.9. The Bertz CT molecular complexity index is 1590. The van der Waals surface area contributed by atoms with Gasteiger partial charge in [-0.1, -0.05) is 12.1 Å². The Morgan fingerprint density at radius 3 is 2.36 bits per heavy atom. The molecule has 0 bridgehead atoms. The van der Waals surface area contributed by atoms with Crippen molar-refractivity contribution < 1.29 is 17.6 Å². The van der Waals surface area contributed by atoms with Crippen LogP contribution in [0.3, 0.4) is 0 Å². The molecule has 0 saturated heterocycles. The Morgan fingerprint density at radius 2 is 1.64 bits per heavy atom. The van der Waals surface area contributed by atoms with Crippen molar-refractivity contribution in [3.63, 3.8) is 0 Å². The highest BCUT2D eigenvalue weighted by Gasteiger charge is 2.34. The summed E-state index contributed by atoms with van der Waals surface area (Å²) in [5, 5.41) is 1.13. The molecule has 5 rings (SSSR count). The summed E-state index contributed by atoms with van der Waals surface area (Å²) in [5.74, 6) is -1.40. The van der Waals surface area contributed by atoms with Gasteiger partial charge in [0.25, 0.3) is 5.56 Å². The average molecular weight is 449 g/mol. The van der Waals surface area contributed by atoms with Crippen molar-refractivity contribution in [1.29, 1.82) is 0 Å². The fourth-order valence-electron chi connectivity index (χ4n) is 3.86. The molecule has 2 aromatic carbocycles. The van der Waals surface area contributed by atoms with Crippen molar-refractivity contribution in [2.24, 2.45) is 0 Å². The molecule has 8 heteroatoms. The summed E-state index contributed by atoms with van der Waals surface area (Å²) in [4.78, 5) is 21.6. The average Bonchev–Trinajstić information content (AvgIpc) is 2.79. The highest BCUT2D eigenvalue weighted by molar-refractivity contribution is 6.05. The van der Waals surface area contributed by atoms with Gasteiger partial charge in [0, 0.05) is 40.5 Å². The smallest absolute Gasteiger partial charge is 0.276 e. The zero-order valence-electron chi connectivity index (χ0n) is 17.2. The van der Waals surface area contributed by atoms with Crippen LogP contribution >= 0.6 is 0 Å². The molecule has 0 radical (unpaired) electrons. The van der Waals surface area contributed by atoms with Crippen molar-refractivity contribution in [3.8, 4) is 16.8 Å². The lowest BCUT2D eigenvalue weighted by Crippen LogP contribution is -2.19. The molecule has 0 fully saturated rings. The third-order valence-electron chi connectivity index (χ3n) is 5.48. The van der Waals surface area contributed by atoms with Crippen LogP contribution in [0.5, 0.6) is 0 Å². The molecule has 0 spiro atoms. The minimum atomic E-state index is -4.90. The zero-order chi connectivity index (χ0) is 23.3. The van der Waals surface area contributed by atoms with Crippen LogP contribution < -0.4 is 5.56 Å². The zero-order valence-corrected chi connectivity index (χ0v) is 17.2. The molecule has 4 nitrogen and oxygen atoms in total. The molecule has 0 saturated carbocycles. The molecule has 5 aromatic rings. The van der Waals surface area contributed by atoms with Crippen LogP contribution in [0.2, 0.25) is 0 Å². The number of nitrogens with zero attached hydrogens (tertiary/aromatic N) is 3. The predicted octanol–water partition coefficient (Wildman–Crippen LogP) is 6.07. The van der Waals surface area contributed by atoms with Crippen LogP contribution in [0.4, 0.5) is 17.6 Å². The summed E-state index contributed by atoms with van der Waals surface area (Å²) >= 11 is 0. The second kappa shape index (κ2) is 7.51. The van der Waals surface area contributed by atoms with Gasteiger partial charge in [0.05, 0.1) is 22.3 Å². The number of alkyl halides is 3. The topological polar surface area (TPSA) is 47.8 Å². The first-order valence-electron chi connectivity index (χ1n) is 9.97. The Kier molecular flexibility index (Phi) is 4.74. The molecule has 0 aliphatic heterocycles. The van der Waals surface area contributed by atoms with E-state index in [1.807, 2.05) is 31.2 Å². The van der Waals surface area contributed by atoms with E-state index in [0.29, 0.717) is 27.9 Å². The molecule has 0 unspecified atom stereocenters. The summed E-state index contributed by atoms with van der Waals surface area (Å²) < 4.78 is 55.1. The molecule has 3 aromatic heterocycles. The lowest BCUT2D eigenvalue weighted by atomic mass is 10.0. The minimum Gasteiger partial charge on any atom is -0.276 e. The van der Waals surface area contributed by atoms with E-state index < -0.39 is 23.1 Å². The quantitative estimate of drug-likeness (QED) is 0.243. The van der Waals surface area contributed by atoms with Gasteiger partial charge in [-0.25, -0.2) is 4.39 Å². The second-order valence-electron chi connectivity index (χ2n) is 7.65. The van der Waals surface area contributed by atoms with Gasteiger partial charge < -0.3 is 0 Å². The number of aromatic nitrogens is 3. The highest BCUT2D eigenvalue weighted by Crippen LogP contribution is 2.34. The van der Waals surface area contributed by atoms with Crippen LogP contribution in [-0.4, -0.2) is 14.5 Å². The summed E-state index contributed by atoms with van der Waals surface area (Å²) in [6.07, 6.45) is -1.63. The number of rotatable bonds is 2. The van der Waals surface area contributed by atoms with Gasteiger partial charge in [-0.3, -0.25) is 19.3 Å². The van der Waals surface area contributed by atoms with Gasteiger partial charge in [0.1, 0.15) is 5.82 Å². The van der Waals surface area contributed by atoms with Crippen molar-refractivity contribution in [1.82, 2.24) is 14.5 Å². The van der Waals surface area contributed by atoms with Crippen molar-refractivity contribution >= 4 is 21.8 Å². The first kappa shape index (κ1) is 20.8. The van der Waals surface area contributed by atoms with Gasteiger partial charge >= 0.3 is 6.18 Å². The third-order valence-corrected chi connectivity index (χ3v) is 5.48. The normalized spacial score (nSPS) is 11.9. The summed E-state index contributed by atoms with van der Waals surface area (Å²) in [5.41, 5.74) is 1.38. The Morgan fingerprint density at radius 1 is 0.848 bits per heavy atom. The van der Waals surface area contributed by atoms with Crippen LogP contribution in [0, 0.1) is 12.7 Å². The molecule has 0 N–H and O–H groups in total. The van der Waals surface area contributed by atoms with E-state index in [9.17, 15) is 22.4 Å². The molecular weight excluding hydrogens is 434 g/mol. The molecule has 0 amide bonds. The van der Waals surface area contributed by atoms with Gasteiger partial charge in [-0.15, -0.1) is 0 Å². The number of benzene rings is 2. The van der Waals surface area contributed by atoms with E-state index in [1.165, 1.54) is 6.07 Å². The standard InChI is InChI=1S/C25H15F4N3O/c1-14-2-3-16(12-30-14)15-4-8-22-19(10-15)24-17(13-31-22)5-9-23(33)32(24)18-6-7-21(26)20(11-18)25(27,28)29/h2-13H,1H3. The van der Waals surface area contributed by atoms with Crippen LogP contribution in [0.1, 0.15) is 11.3 Å². The van der Waals surface area contributed by atoms with E-state index in [2.05, 4.69) is 9.97 Å². The SMILES string of the molecule is Cc1ccc(-c2ccc3ncc4ccc(=O)n(-c5ccc(F)c(C(F)(F)F)c5)c4c3c2)cn1. The first-order valence-corrected chi connectivity index (χ1v) is 9.97. The van der Waals surface area contributed by atoms with Crippen LogP contribution in [-0.2, 0) is 6.18 Å². The number of pyridine rings is 3. The van der Waals surface area contributed by atoms with Crippen LogP contribution in [0.25, 0.3) is 38.6 Å². The van der Waals surface area contributed by atoms with Gasteiger partial charge in [-0.05, 0) is 55.0 Å². The molecule has 0 atom stereocenters. The van der Waals surface area contributed by atoms with Gasteiger partial charge in [0.2, 0.25) is 0 Å². The van der Waals surface area contributed by atoms with Crippen molar-refractivity contribution in [2.75, 3.05) is 0 Å². The molecule has 164 valence electrons. The highest BCUT2D eigenvalue weighted by atomic mass is 19.4. The predicted molar refractivity (Wildman–Crippen MR) is 118 cm³/mol. The monoisotopic (exact) mass is 449 g/mol. The van der Waals surface area contributed by atoms with E-state index >= 15 is 0 Å². The first-order chi connectivity index (χ1) is 15.7. The lowest BCUT2D eigenvalue weighted by molar-refractivity contribution is -0.140. The minimum absolute atomic E-state index is 0.0887. The number of halogens is 4. The van der Waals surface area contributed by atoms with Crippen LogP contribution in [0.15, 0.2) is 77.9 Å². The number of hydrogen-bond donors (Lipinski definition) is 0. The van der Waals surface area contributed by atoms with Crippen molar-refractivity contribution in [2.45, 2.75) is 13.1 Å². The Labute approximate surface area is 184 Å². The molecule has 0 aliphatic rings. The molecule has 3 heterocycles. The van der Waals surface area contributed by atoms with Gasteiger partial charge in [0.15, 0.2) is 0 Å². The fourth-order valence-corrected chi connectivity index (χ4v) is 3.86. The fraction of sp³-hybridized carbons (Fsp3) is 0.0800. The largest absolute Gasteiger partial charge is 0.419 e. The summed E-state index contributed by atoms with van der Waals surface area (Å²) in [7, 11) is 0. The second-order valence-corrected chi connectivity index (χ2v) is 7.65. The van der Waals surface area contributed by atoms with Crippen molar-refractivity contribution in [3.05, 3.63) is 100 Å². The maximum absolute atomic E-state index is 13.9. The molecule has 0 aliphatic carbocycles. The van der Waals surface area contributed by atoms with E-state index in [1.54, 1.807) is 24.5 Å². The van der Waals surface area contributed by atoms with E-state index in [-0.39, 0.29) is 5.69 Å². The summed E-state index contributed by atoms with van der Waals surface area (Å²) in [6.45, 7) is 1.87. The number of hydrogen-bond acceptors (Lipinski definition) is 3. The molecular formula is C25H15F4N3O.